The molecule has 2 heterocycles. The van der Waals surface area contributed by atoms with Crippen LogP contribution in [0.25, 0.3) is 0 Å². The minimum atomic E-state index is 0.0292. The molecule has 1 fully saturated rings. The molecule has 0 aliphatic carbocycles. The maximum atomic E-state index is 12.0. The van der Waals surface area contributed by atoms with Crippen LogP contribution in [-0.2, 0) is 0 Å². The van der Waals surface area contributed by atoms with Crippen LogP contribution in [0.2, 0.25) is 0 Å². The molecule has 0 aromatic carbocycles. The van der Waals surface area contributed by atoms with E-state index < -0.39 is 0 Å². The number of hydrogen-bond acceptors (Lipinski definition) is 5. The molecule has 1 atom stereocenters. The number of thiophene rings is 1. The maximum Gasteiger partial charge on any atom is 0.174 e. The molecule has 0 amide bonds. The number of ketones is 1. The third-order valence-corrected chi connectivity index (χ3v) is 5.63. The predicted octanol–water partition coefficient (Wildman–Crippen LogP) is 3.81. The molecule has 1 saturated heterocycles. The number of carbonyl (C=O) groups is 1. The Balaban J connectivity index is 2.31. The van der Waals surface area contributed by atoms with Gasteiger partial charge in [-0.1, -0.05) is 20.3 Å². The number of carbonyl (C=O) groups excluding carboxylic acids is 1. The molecule has 0 saturated carbocycles. The van der Waals surface area contributed by atoms with Crippen molar-refractivity contribution < 1.29 is 4.79 Å². The standard InChI is InChI=1S/C16H23N3OS/c1-3-11-6-5-8-19(9-7-11)16-12(10-17)14(18)15(21-16)13(20)4-2/h11H,3-9,18H2,1-2H3. The molecule has 21 heavy (non-hydrogen) atoms. The molecule has 2 N–H and O–H groups in total. The lowest BCUT2D eigenvalue weighted by Crippen LogP contribution is -2.24. The second-order valence-corrected chi connectivity index (χ2v) is 6.60. The SMILES string of the molecule is CCC(=O)c1sc(N2CCCC(CC)CC2)c(C#N)c1N. The van der Waals surface area contributed by atoms with E-state index in [2.05, 4.69) is 17.9 Å². The topological polar surface area (TPSA) is 70.1 Å². The average molecular weight is 305 g/mol. The molecular weight excluding hydrogens is 282 g/mol. The molecule has 0 bridgehead atoms. The summed E-state index contributed by atoms with van der Waals surface area (Å²) in [5.74, 6) is 0.802. The van der Waals surface area contributed by atoms with E-state index in [-0.39, 0.29) is 5.78 Å². The molecule has 1 aromatic rings. The fourth-order valence-corrected chi connectivity index (χ4v) is 4.14. The van der Waals surface area contributed by atoms with Gasteiger partial charge in [0.05, 0.1) is 10.6 Å². The summed E-state index contributed by atoms with van der Waals surface area (Å²) in [4.78, 5) is 14.8. The number of hydrogen-bond donors (Lipinski definition) is 1. The summed E-state index contributed by atoms with van der Waals surface area (Å²) >= 11 is 1.40. The van der Waals surface area contributed by atoms with Gasteiger partial charge in [0.1, 0.15) is 16.6 Å². The molecule has 0 radical (unpaired) electrons. The Morgan fingerprint density at radius 1 is 1.43 bits per heavy atom. The molecule has 5 heteroatoms. The lowest BCUT2D eigenvalue weighted by Gasteiger charge is -2.21. The van der Waals surface area contributed by atoms with E-state index >= 15 is 0 Å². The Kier molecular flexibility index (Phi) is 5.24. The molecule has 1 aliphatic heterocycles. The van der Waals surface area contributed by atoms with Crippen LogP contribution in [0.3, 0.4) is 0 Å². The van der Waals surface area contributed by atoms with Crippen molar-refractivity contribution in [3.8, 4) is 6.07 Å². The number of anilines is 2. The van der Waals surface area contributed by atoms with Gasteiger partial charge in [0.15, 0.2) is 5.78 Å². The largest absolute Gasteiger partial charge is 0.396 e. The summed E-state index contributed by atoms with van der Waals surface area (Å²) in [6, 6.07) is 2.20. The normalized spacial score (nSPS) is 19.1. The quantitative estimate of drug-likeness (QED) is 0.859. The van der Waals surface area contributed by atoms with Crippen molar-refractivity contribution in [2.24, 2.45) is 5.92 Å². The van der Waals surface area contributed by atoms with E-state index in [1.807, 2.05) is 6.92 Å². The summed E-state index contributed by atoms with van der Waals surface area (Å²) in [7, 11) is 0. The molecule has 0 spiro atoms. The molecule has 1 unspecified atom stereocenters. The highest BCUT2D eigenvalue weighted by Crippen LogP contribution is 2.39. The number of nitrogen functional groups attached to an aromatic ring is 1. The lowest BCUT2D eigenvalue weighted by molar-refractivity contribution is 0.0993. The summed E-state index contributed by atoms with van der Waals surface area (Å²) in [5, 5.41) is 10.3. The van der Waals surface area contributed by atoms with Crippen molar-refractivity contribution in [3.05, 3.63) is 10.4 Å². The van der Waals surface area contributed by atoms with E-state index in [1.54, 1.807) is 0 Å². The van der Waals surface area contributed by atoms with Gasteiger partial charge in [0, 0.05) is 19.5 Å². The Morgan fingerprint density at radius 3 is 2.81 bits per heavy atom. The highest BCUT2D eigenvalue weighted by Gasteiger charge is 2.25. The third kappa shape index (κ3) is 3.21. The van der Waals surface area contributed by atoms with Gasteiger partial charge in [-0.05, 0) is 25.2 Å². The minimum Gasteiger partial charge on any atom is -0.396 e. The zero-order chi connectivity index (χ0) is 15.4. The number of rotatable bonds is 4. The van der Waals surface area contributed by atoms with Crippen LogP contribution >= 0.6 is 11.3 Å². The highest BCUT2D eigenvalue weighted by atomic mass is 32.1. The molecule has 2 rings (SSSR count). The number of nitriles is 1. The van der Waals surface area contributed by atoms with E-state index in [4.69, 9.17) is 5.73 Å². The second kappa shape index (κ2) is 6.95. The van der Waals surface area contributed by atoms with Gasteiger partial charge < -0.3 is 10.6 Å². The van der Waals surface area contributed by atoms with Crippen molar-refractivity contribution in [2.45, 2.75) is 46.0 Å². The van der Waals surface area contributed by atoms with Crippen LogP contribution in [0.1, 0.15) is 61.2 Å². The fraction of sp³-hybridized carbons (Fsp3) is 0.625. The van der Waals surface area contributed by atoms with Crippen molar-refractivity contribution >= 4 is 27.8 Å². The van der Waals surface area contributed by atoms with Gasteiger partial charge in [0.2, 0.25) is 0 Å². The Labute approximate surface area is 130 Å². The van der Waals surface area contributed by atoms with Gasteiger partial charge in [-0.25, -0.2) is 0 Å². The predicted molar refractivity (Wildman–Crippen MR) is 87.9 cm³/mol. The first-order valence-electron chi connectivity index (χ1n) is 7.72. The molecule has 114 valence electrons. The summed E-state index contributed by atoms with van der Waals surface area (Å²) in [6.07, 6.45) is 5.17. The van der Waals surface area contributed by atoms with Gasteiger partial charge in [-0.15, -0.1) is 11.3 Å². The van der Waals surface area contributed by atoms with E-state index in [9.17, 15) is 10.1 Å². The van der Waals surface area contributed by atoms with Gasteiger partial charge >= 0.3 is 0 Å². The molecule has 4 nitrogen and oxygen atoms in total. The van der Waals surface area contributed by atoms with Gasteiger partial charge in [-0.2, -0.15) is 5.26 Å². The van der Waals surface area contributed by atoms with Crippen LogP contribution in [0, 0.1) is 17.2 Å². The van der Waals surface area contributed by atoms with E-state index in [1.165, 1.54) is 24.2 Å². The molecule has 1 aromatic heterocycles. The Bertz CT molecular complexity index is 559. The summed E-state index contributed by atoms with van der Waals surface area (Å²) in [6.45, 7) is 5.96. The van der Waals surface area contributed by atoms with Crippen molar-refractivity contribution in [3.63, 3.8) is 0 Å². The van der Waals surface area contributed by atoms with E-state index in [0.29, 0.717) is 22.5 Å². The summed E-state index contributed by atoms with van der Waals surface area (Å²) < 4.78 is 0. The first-order chi connectivity index (χ1) is 10.1. The zero-order valence-electron chi connectivity index (χ0n) is 12.8. The zero-order valence-corrected chi connectivity index (χ0v) is 13.6. The smallest absolute Gasteiger partial charge is 0.174 e. The Morgan fingerprint density at radius 2 is 2.19 bits per heavy atom. The average Bonchev–Trinajstić information content (AvgIpc) is 2.68. The monoisotopic (exact) mass is 305 g/mol. The number of nitrogens with zero attached hydrogens (tertiary/aromatic N) is 2. The van der Waals surface area contributed by atoms with Crippen LogP contribution in [0.5, 0.6) is 0 Å². The molecular formula is C16H23N3OS. The maximum absolute atomic E-state index is 12.0. The fourth-order valence-electron chi connectivity index (χ4n) is 2.91. The van der Waals surface area contributed by atoms with Crippen molar-refractivity contribution in [2.75, 3.05) is 23.7 Å². The van der Waals surface area contributed by atoms with Crippen molar-refractivity contribution in [1.29, 1.82) is 5.26 Å². The van der Waals surface area contributed by atoms with Crippen LogP contribution in [-0.4, -0.2) is 18.9 Å². The third-order valence-electron chi connectivity index (χ3n) is 4.32. The van der Waals surface area contributed by atoms with Gasteiger partial charge in [0.25, 0.3) is 0 Å². The first kappa shape index (κ1) is 15.8. The first-order valence-corrected chi connectivity index (χ1v) is 8.54. The summed E-state index contributed by atoms with van der Waals surface area (Å²) in [5.41, 5.74) is 6.90. The van der Waals surface area contributed by atoms with Gasteiger partial charge in [-0.3, -0.25) is 4.79 Å². The van der Waals surface area contributed by atoms with Crippen LogP contribution in [0.4, 0.5) is 10.7 Å². The minimum absolute atomic E-state index is 0.0292. The number of nitrogens with two attached hydrogens (primary N) is 1. The number of Topliss-reactive ketones (excluding diaryl/α,β-unsaturated/α-hetero) is 1. The van der Waals surface area contributed by atoms with E-state index in [0.717, 1.165) is 36.9 Å². The Hall–Kier alpha value is -1.54. The van der Waals surface area contributed by atoms with Crippen LogP contribution in [0.15, 0.2) is 0 Å². The second-order valence-electron chi connectivity index (χ2n) is 5.61. The lowest BCUT2D eigenvalue weighted by atomic mass is 9.98. The molecule has 1 aliphatic rings. The highest BCUT2D eigenvalue weighted by molar-refractivity contribution is 7.19. The van der Waals surface area contributed by atoms with Crippen LogP contribution < -0.4 is 10.6 Å². The van der Waals surface area contributed by atoms with Crippen molar-refractivity contribution in [1.82, 2.24) is 0 Å².